The number of allylic oxidation sites excluding steroid dienone is 1. The number of rotatable bonds is 3. The van der Waals surface area contributed by atoms with Gasteiger partial charge >= 0.3 is 5.97 Å². The van der Waals surface area contributed by atoms with E-state index in [1.165, 1.54) is 0 Å². The molecular weight excluding hydrogens is 214 g/mol. The van der Waals surface area contributed by atoms with E-state index in [0.717, 1.165) is 16.7 Å². The van der Waals surface area contributed by atoms with Crippen LogP contribution in [0, 0.1) is 0 Å². The number of aromatic nitrogens is 5. The lowest BCUT2D eigenvalue weighted by atomic mass is 10.2. The van der Waals surface area contributed by atoms with Crippen LogP contribution in [0.25, 0.3) is 5.78 Å². The van der Waals surface area contributed by atoms with E-state index in [-0.39, 0.29) is 17.2 Å². The molecule has 0 bridgehead atoms. The summed E-state index contributed by atoms with van der Waals surface area (Å²) in [4.78, 5) is 26.0. The van der Waals surface area contributed by atoms with Crippen molar-refractivity contribution in [2.24, 2.45) is 0 Å². The molecule has 0 fully saturated rings. The minimum atomic E-state index is -1.25. The molecule has 0 saturated heterocycles. The maximum atomic E-state index is 11.3. The highest BCUT2D eigenvalue weighted by molar-refractivity contribution is 6.04. The minimum absolute atomic E-state index is 0.0508. The molecule has 8 heteroatoms. The van der Waals surface area contributed by atoms with Crippen LogP contribution in [0.3, 0.4) is 0 Å². The molecule has 0 radical (unpaired) electrons. The zero-order chi connectivity index (χ0) is 11.7. The number of hydrogen-bond acceptors (Lipinski definition) is 6. The van der Waals surface area contributed by atoms with Crippen LogP contribution in [0.5, 0.6) is 0 Å². The van der Waals surface area contributed by atoms with E-state index in [1.54, 1.807) is 0 Å². The second kappa shape index (κ2) is 3.50. The van der Waals surface area contributed by atoms with Crippen molar-refractivity contribution < 1.29 is 14.7 Å². The SMILES string of the molecule is C=CC(=O)c1cc(C(=O)O)n2nnnc2n1. The standard InChI is InChI=1S/C8H5N5O3/c1-2-6(14)4-3-5(7(15)16)13-8(9-4)10-11-12-13/h2-3H,1H2,(H,15,16). The van der Waals surface area contributed by atoms with Gasteiger partial charge in [0, 0.05) is 6.07 Å². The molecule has 80 valence electrons. The van der Waals surface area contributed by atoms with Crippen LogP contribution in [0.2, 0.25) is 0 Å². The summed E-state index contributed by atoms with van der Waals surface area (Å²) < 4.78 is 0.933. The van der Waals surface area contributed by atoms with Crippen molar-refractivity contribution in [1.82, 2.24) is 25.0 Å². The lowest BCUT2D eigenvalue weighted by molar-refractivity contribution is 0.0687. The Morgan fingerprint density at radius 3 is 2.88 bits per heavy atom. The third kappa shape index (κ3) is 1.41. The van der Waals surface area contributed by atoms with Gasteiger partial charge in [0.2, 0.25) is 5.78 Å². The van der Waals surface area contributed by atoms with Gasteiger partial charge in [0.25, 0.3) is 5.78 Å². The number of carboxylic acids is 1. The second-order valence-electron chi connectivity index (χ2n) is 2.79. The van der Waals surface area contributed by atoms with E-state index in [2.05, 4.69) is 27.1 Å². The lowest BCUT2D eigenvalue weighted by Gasteiger charge is -1.99. The van der Waals surface area contributed by atoms with E-state index in [0.29, 0.717) is 0 Å². The van der Waals surface area contributed by atoms with Crippen LogP contribution in [0.1, 0.15) is 21.0 Å². The van der Waals surface area contributed by atoms with Crippen molar-refractivity contribution >= 4 is 17.5 Å². The van der Waals surface area contributed by atoms with Crippen molar-refractivity contribution in [3.63, 3.8) is 0 Å². The van der Waals surface area contributed by atoms with E-state index >= 15 is 0 Å². The van der Waals surface area contributed by atoms with Crippen molar-refractivity contribution in [2.45, 2.75) is 0 Å². The first-order valence-electron chi connectivity index (χ1n) is 4.12. The maximum Gasteiger partial charge on any atom is 0.354 e. The average Bonchev–Trinajstić information content (AvgIpc) is 2.74. The Bertz CT molecular complexity index is 603. The van der Waals surface area contributed by atoms with Gasteiger partial charge in [-0.1, -0.05) is 11.7 Å². The van der Waals surface area contributed by atoms with Gasteiger partial charge in [-0.3, -0.25) is 4.79 Å². The summed E-state index contributed by atoms with van der Waals surface area (Å²) in [5.41, 5.74) is -0.296. The van der Waals surface area contributed by atoms with Crippen molar-refractivity contribution in [2.75, 3.05) is 0 Å². The van der Waals surface area contributed by atoms with Crippen molar-refractivity contribution in [3.8, 4) is 0 Å². The van der Waals surface area contributed by atoms with Crippen LogP contribution in [0.15, 0.2) is 18.7 Å². The Kier molecular flexibility index (Phi) is 2.16. The predicted molar refractivity (Wildman–Crippen MR) is 50.1 cm³/mol. The number of carboxylic acid groups (broad SMARTS) is 1. The monoisotopic (exact) mass is 219 g/mol. The summed E-state index contributed by atoms with van der Waals surface area (Å²) in [7, 11) is 0. The Morgan fingerprint density at radius 2 is 2.25 bits per heavy atom. The fraction of sp³-hybridized carbons (Fsp3) is 0. The molecule has 2 aromatic heterocycles. The molecule has 0 amide bonds. The third-order valence-electron chi connectivity index (χ3n) is 1.83. The first kappa shape index (κ1) is 9.90. The Labute approximate surface area is 88.2 Å². The molecule has 0 spiro atoms. The predicted octanol–water partition coefficient (Wildman–Crippen LogP) is -0.414. The zero-order valence-electron chi connectivity index (χ0n) is 7.86. The van der Waals surface area contributed by atoms with Crippen LogP contribution < -0.4 is 0 Å². The maximum absolute atomic E-state index is 11.3. The molecule has 16 heavy (non-hydrogen) atoms. The summed E-state index contributed by atoms with van der Waals surface area (Å²) >= 11 is 0. The molecule has 0 unspecified atom stereocenters. The van der Waals surface area contributed by atoms with E-state index in [9.17, 15) is 9.59 Å². The quantitative estimate of drug-likeness (QED) is 0.551. The number of aromatic carboxylic acids is 1. The average molecular weight is 219 g/mol. The number of nitrogens with zero attached hydrogens (tertiary/aromatic N) is 5. The normalized spacial score (nSPS) is 10.2. The molecule has 0 saturated carbocycles. The highest BCUT2D eigenvalue weighted by Crippen LogP contribution is 2.06. The van der Waals surface area contributed by atoms with Crippen LogP contribution in [-0.2, 0) is 0 Å². The molecular formula is C8H5N5O3. The van der Waals surface area contributed by atoms with E-state index < -0.39 is 11.8 Å². The summed E-state index contributed by atoms with van der Waals surface area (Å²) in [6.07, 6.45) is 1.04. The fourth-order valence-electron chi connectivity index (χ4n) is 1.12. The molecule has 1 N–H and O–H groups in total. The topological polar surface area (TPSA) is 110 Å². The van der Waals surface area contributed by atoms with Crippen LogP contribution in [0.4, 0.5) is 0 Å². The molecule has 2 aromatic rings. The van der Waals surface area contributed by atoms with Crippen molar-refractivity contribution in [1.29, 1.82) is 0 Å². The van der Waals surface area contributed by atoms with Crippen LogP contribution >= 0.6 is 0 Å². The zero-order valence-corrected chi connectivity index (χ0v) is 7.86. The number of tetrazole rings is 1. The summed E-state index contributed by atoms with van der Waals surface area (Å²) in [5, 5.41) is 19.1. The highest BCUT2D eigenvalue weighted by atomic mass is 16.4. The number of ketones is 1. The van der Waals surface area contributed by atoms with Gasteiger partial charge in [0.05, 0.1) is 0 Å². The molecule has 0 atom stereocenters. The fourth-order valence-corrected chi connectivity index (χ4v) is 1.12. The highest BCUT2D eigenvalue weighted by Gasteiger charge is 2.16. The Balaban J connectivity index is 2.75. The molecule has 8 nitrogen and oxygen atoms in total. The smallest absolute Gasteiger partial charge is 0.354 e. The number of carbonyl (C=O) groups excluding carboxylic acids is 1. The van der Waals surface area contributed by atoms with Gasteiger partial charge in [-0.15, -0.1) is 0 Å². The third-order valence-corrected chi connectivity index (χ3v) is 1.83. The van der Waals surface area contributed by atoms with Crippen LogP contribution in [-0.4, -0.2) is 41.9 Å². The van der Waals surface area contributed by atoms with Gasteiger partial charge < -0.3 is 5.11 Å². The summed E-state index contributed by atoms with van der Waals surface area (Å²) in [6, 6.07) is 1.09. The van der Waals surface area contributed by atoms with Gasteiger partial charge in [-0.25, -0.2) is 9.78 Å². The lowest BCUT2D eigenvalue weighted by Crippen LogP contribution is -2.11. The summed E-state index contributed by atoms with van der Waals surface area (Å²) in [5.74, 6) is -1.80. The van der Waals surface area contributed by atoms with Gasteiger partial charge in [-0.2, -0.15) is 4.52 Å². The van der Waals surface area contributed by atoms with Gasteiger partial charge in [0.1, 0.15) is 5.69 Å². The van der Waals surface area contributed by atoms with Gasteiger partial charge in [0.15, 0.2) is 5.69 Å². The molecule has 0 aliphatic heterocycles. The first-order valence-corrected chi connectivity index (χ1v) is 4.12. The molecule has 0 aliphatic carbocycles. The largest absolute Gasteiger partial charge is 0.477 e. The minimum Gasteiger partial charge on any atom is -0.477 e. The first-order chi connectivity index (χ1) is 7.63. The molecule has 2 rings (SSSR count). The summed E-state index contributed by atoms with van der Waals surface area (Å²) in [6.45, 7) is 3.28. The Morgan fingerprint density at radius 1 is 1.50 bits per heavy atom. The number of carbonyl (C=O) groups is 2. The molecule has 2 heterocycles. The molecule has 0 aliphatic rings. The van der Waals surface area contributed by atoms with Crippen molar-refractivity contribution in [3.05, 3.63) is 30.1 Å². The van der Waals surface area contributed by atoms with E-state index in [4.69, 9.17) is 5.11 Å². The number of hydrogen-bond donors (Lipinski definition) is 1. The van der Waals surface area contributed by atoms with E-state index in [1.807, 2.05) is 0 Å². The number of fused-ring (bicyclic) bond motifs is 1. The Hall–Kier alpha value is -2.64. The molecule has 0 aromatic carbocycles. The van der Waals surface area contributed by atoms with Gasteiger partial charge in [-0.05, 0) is 16.5 Å². The second-order valence-corrected chi connectivity index (χ2v) is 2.79.